The van der Waals surface area contributed by atoms with Crippen molar-refractivity contribution in [1.82, 2.24) is 9.80 Å². The number of halogens is 1. The van der Waals surface area contributed by atoms with Crippen molar-refractivity contribution in [2.24, 2.45) is 5.92 Å². The van der Waals surface area contributed by atoms with Crippen molar-refractivity contribution in [3.05, 3.63) is 70.7 Å². The van der Waals surface area contributed by atoms with Crippen LogP contribution in [-0.4, -0.2) is 47.8 Å². The molecule has 4 rings (SSSR count). The summed E-state index contributed by atoms with van der Waals surface area (Å²) in [6.07, 6.45) is 2.14. The van der Waals surface area contributed by atoms with E-state index in [9.17, 15) is 9.59 Å². The minimum atomic E-state index is -0.179. The van der Waals surface area contributed by atoms with Crippen molar-refractivity contribution in [3.63, 3.8) is 0 Å². The van der Waals surface area contributed by atoms with E-state index in [4.69, 9.17) is 11.6 Å². The standard InChI is InChI=1S/C22H23ClN2O2/c23-18-10-8-17(9-11-18)21(26)25-14-19(16-6-2-1-3-7-16)20(15-25)22(27)24-12-4-5-13-24/h1-3,6-11,19-20H,4-5,12-15H2. The topological polar surface area (TPSA) is 40.6 Å². The Labute approximate surface area is 164 Å². The lowest BCUT2D eigenvalue weighted by atomic mass is 9.88. The summed E-state index contributed by atoms with van der Waals surface area (Å²) in [5.41, 5.74) is 1.74. The molecule has 0 bridgehead atoms. The summed E-state index contributed by atoms with van der Waals surface area (Å²) in [5, 5.41) is 0.609. The zero-order chi connectivity index (χ0) is 18.8. The van der Waals surface area contributed by atoms with Crippen LogP contribution in [-0.2, 0) is 4.79 Å². The first-order chi connectivity index (χ1) is 13.1. The van der Waals surface area contributed by atoms with Crippen LogP contribution >= 0.6 is 11.6 Å². The Hall–Kier alpha value is -2.33. The SMILES string of the molecule is O=C(c1ccc(Cl)cc1)N1CC(C(=O)N2CCCC2)C(c2ccccc2)C1. The van der Waals surface area contributed by atoms with Gasteiger partial charge in [-0.3, -0.25) is 9.59 Å². The van der Waals surface area contributed by atoms with Gasteiger partial charge in [-0.25, -0.2) is 0 Å². The molecule has 2 atom stereocenters. The monoisotopic (exact) mass is 382 g/mol. The molecule has 2 heterocycles. The van der Waals surface area contributed by atoms with E-state index in [2.05, 4.69) is 12.1 Å². The predicted molar refractivity (Wildman–Crippen MR) is 106 cm³/mol. The summed E-state index contributed by atoms with van der Waals surface area (Å²) in [7, 11) is 0. The first-order valence-corrected chi connectivity index (χ1v) is 9.90. The zero-order valence-corrected chi connectivity index (χ0v) is 15.9. The molecule has 27 heavy (non-hydrogen) atoms. The van der Waals surface area contributed by atoms with Crippen molar-refractivity contribution in [1.29, 1.82) is 0 Å². The van der Waals surface area contributed by atoms with Gasteiger partial charge >= 0.3 is 0 Å². The highest BCUT2D eigenvalue weighted by Gasteiger charge is 2.42. The lowest BCUT2D eigenvalue weighted by Gasteiger charge is -2.23. The molecule has 2 aromatic rings. The summed E-state index contributed by atoms with van der Waals surface area (Å²) in [5.74, 6) is 0.00868. The summed E-state index contributed by atoms with van der Waals surface area (Å²) in [6.45, 7) is 2.70. The van der Waals surface area contributed by atoms with Gasteiger partial charge in [0.2, 0.25) is 5.91 Å². The summed E-state index contributed by atoms with van der Waals surface area (Å²) in [6, 6.07) is 17.0. The highest BCUT2D eigenvalue weighted by Crippen LogP contribution is 2.35. The smallest absolute Gasteiger partial charge is 0.253 e. The Morgan fingerprint density at radius 3 is 2.19 bits per heavy atom. The molecule has 140 valence electrons. The molecule has 0 N–H and O–H groups in total. The predicted octanol–water partition coefficient (Wildman–Crippen LogP) is 3.82. The second-order valence-corrected chi connectivity index (χ2v) is 7.81. The fourth-order valence-electron chi connectivity index (χ4n) is 4.20. The fourth-order valence-corrected chi connectivity index (χ4v) is 4.33. The first kappa shape index (κ1) is 18.1. The van der Waals surface area contributed by atoms with Gasteiger partial charge in [0.15, 0.2) is 0 Å². The Bertz CT molecular complexity index is 816. The molecular formula is C22H23ClN2O2. The molecule has 0 radical (unpaired) electrons. The molecule has 2 amide bonds. The lowest BCUT2D eigenvalue weighted by Crippen LogP contribution is -2.37. The normalized spacial score (nSPS) is 22.3. The molecule has 2 aliphatic rings. The number of carbonyl (C=O) groups excluding carboxylic acids is 2. The summed E-state index contributed by atoms with van der Waals surface area (Å²) < 4.78 is 0. The third-order valence-electron chi connectivity index (χ3n) is 5.66. The van der Waals surface area contributed by atoms with E-state index < -0.39 is 0 Å². The number of rotatable bonds is 3. The van der Waals surface area contributed by atoms with E-state index >= 15 is 0 Å². The molecule has 2 saturated heterocycles. The van der Waals surface area contributed by atoms with E-state index in [-0.39, 0.29) is 23.7 Å². The molecule has 2 aromatic carbocycles. The van der Waals surface area contributed by atoms with Crippen molar-refractivity contribution in [3.8, 4) is 0 Å². The van der Waals surface area contributed by atoms with Crippen LogP contribution in [0, 0.1) is 5.92 Å². The Kier molecular flexibility index (Phi) is 5.17. The second-order valence-electron chi connectivity index (χ2n) is 7.37. The average Bonchev–Trinajstić information content (AvgIpc) is 3.38. The maximum atomic E-state index is 13.2. The highest BCUT2D eigenvalue weighted by molar-refractivity contribution is 6.30. The van der Waals surface area contributed by atoms with Crippen molar-refractivity contribution in [2.75, 3.05) is 26.2 Å². The first-order valence-electron chi connectivity index (χ1n) is 9.52. The highest BCUT2D eigenvalue weighted by atomic mass is 35.5. The van der Waals surface area contributed by atoms with Gasteiger partial charge in [0.1, 0.15) is 0 Å². The maximum absolute atomic E-state index is 13.2. The minimum absolute atomic E-state index is 0.0375. The van der Waals surface area contributed by atoms with Crippen LogP contribution in [0.1, 0.15) is 34.7 Å². The number of amides is 2. The largest absolute Gasteiger partial charge is 0.342 e. The van der Waals surface area contributed by atoms with Crippen LogP contribution in [0.2, 0.25) is 5.02 Å². The summed E-state index contributed by atoms with van der Waals surface area (Å²) >= 11 is 5.94. The third kappa shape index (κ3) is 3.72. The van der Waals surface area contributed by atoms with Crippen LogP contribution in [0.4, 0.5) is 0 Å². The Morgan fingerprint density at radius 1 is 0.852 bits per heavy atom. The van der Waals surface area contributed by atoms with Crippen LogP contribution in [0.3, 0.4) is 0 Å². The van der Waals surface area contributed by atoms with Gasteiger partial charge in [0.25, 0.3) is 5.91 Å². The molecule has 2 aliphatic heterocycles. The number of carbonyl (C=O) groups is 2. The molecule has 0 saturated carbocycles. The Balaban J connectivity index is 1.59. The van der Waals surface area contributed by atoms with Gasteiger partial charge < -0.3 is 9.80 Å². The number of nitrogens with zero attached hydrogens (tertiary/aromatic N) is 2. The Morgan fingerprint density at radius 2 is 1.52 bits per heavy atom. The van der Waals surface area contributed by atoms with Crippen molar-refractivity contribution < 1.29 is 9.59 Å². The average molecular weight is 383 g/mol. The fraction of sp³-hybridized carbons (Fsp3) is 0.364. The van der Waals surface area contributed by atoms with Gasteiger partial charge in [-0.05, 0) is 42.7 Å². The van der Waals surface area contributed by atoms with E-state index in [1.807, 2.05) is 28.0 Å². The zero-order valence-electron chi connectivity index (χ0n) is 15.2. The van der Waals surface area contributed by atoms with E-state index in [0.717, 1.165) is 31.5 Å². The van der Waals surface area contributed by atoms with Crippen LogP contribution < -0.4 is 0 Å². The second kappa shape index (κ2) is 7.73. The molecule has 0 aromatic heterocycles. The van der Waals surface area contributed by atoms with E-state index in [1.54, 1.807) is 24.3 Å². The van der Waals surface area contributed by atoms with Crippen LogP contribution in [0.25, 0.3) is 0 Å². The number of hydrogen-bond donors (Lipinski definition) is 0. The van der Waals surface area contributed by atoms with Crippen molar-refractivity contribution >= 4 is 23.4 Å². The van der Waals surface area contributed by atoms with Gasteiger partial charge in [-0.1, -0.05) is 41.9 Å². The van der Waals surface area contributed by atoms with Crippen molar-refractivity contribution in [2.45, 2.75) is 18.8 Å². The number of benzene rings is 2. The molecule has 2 fully saturated rings. The number of hydrogen-bond acceptors (Lipinski definition) is 2. The third-order valence-corrected chi connectivity index (χ3v) is 5.91. The number of likely N-dealkylation sites (tertiary alicyclic amines) is 2. The molecular weight excluding hydrogens is 360 g/mol. The van der Waals surface area contributed by atoms with Gasteiger partial charge in [-0.2, -0.15) is 0 Å². The van der Waals surface area contributed by atoms with Gasteiger partial charge in [0, 0.05) is 42.7 Å². The quantitative estimate of drug-likeness (QED) is 0.809. The molecule has 0 spiro atoms. The van der Waals surface area contributed by atoms with Crippen LogP contribution in [0.15, 0.2) is 54.6 Å². The molecule has 5 heteroatoms. The van der Waals surface area contributed by atoms with Gasteiger partial charge in [0.05, 0.1) is 5.92 Å². The minimum Gasteiger partial charge on any atom is -0.342 e. The van der Waals surface area contributed by atoms with Crippen LogP contribution in [0.5, 0.6) is 0 Å². The molecule has 0 aliphatic carbocycles. The summed E-state index contributed by atoms with van der Waals surface area (Å²) in [4.78, 5) is 29.9. The maximum Gasteiger partial charge on any atom is 0.253 e. The van der Waals surface area contributed by atoms with E-state index in [1.165, 1.54) is 0 Å². The van der Waals surface area contributed by atoms with E-state index in [0.29, 0.717) is 23.7 Å². The van der Waals surface area contributed by atoms with Gasteiger partial charge in [-0.15, -0.1) is 0 Å². The molecule has 2 unspecified atom stereocenters. The molecule has 4 nitrogen and oxygen atoms in total. The lowest BCUT2D eigenvalue weighted by molar-refractivity contribution is -0.134.